The largest absolute Gasteiger partial charge is 0.492 e. The Kier molecular flexibility index (Phi) is 6.55. The first kappa shape index (κ1) is 22.1. The number of nitrogens with one attached hydrogen (secondary N) is 1. The number of likely N-dealkylation sites (tertiary alicyclic amines) is 1. The van der Waals surface area contributed by atoms with Gasteiger partial charge in [-0.3, -0.25) is 4.79 Å². The van der Waals surface area contributed by atoms with Gasteiger partial charge >= 0.3 is 0 Å². The number of nitrogens with zero attached hydrogens (tertiary/aromatic N) is 1. The van der Waals surface area contributed by atoms with E-state index in [1.54, 1.807) is 30.3 Å². The summed E-state index contributed by atoms with van der Waals surface area (Å²) in [5.74, 6) is 0.699. The molecular formula is C23H27ClN2O4S. The van der Waals surface area contributed by atoms with Gasteiger partial charge in [0.25, 0.3) is 0 Å². The molecule has 1 amide bonds. The van der Waals surface area contributed by atoms with Crippen molar-refractivity contribution in [3.63, 3.8) is 0 Å². The number of fused-ring (bicyclic) bond motifs is 1. The molecule has 31 heavy (non-hydrogen) atoms. The number of hydrogen-bond acceptors (Lipinski definition) is 4. The molecule has 0 bridgehead atoms. The predicted octanol–water partition coefficient (Wildman–Crippen LogP) is 3.42. The van der Waals surface area contributed by atoms with Crippen molar-refractivity contribution >= 4 is 27.5 Å². The summed E-state index contributed by atoms with van der Waals surface area (Å²) in [5.41, 5.74) is 1.97. The highest BCUT2D eigenvalue weighted by Gasteiger charge is 2.32. The fraction of sp³-hybridized carbons (Fsp3) is 0.435. The molecular weight excluding hydrogens is 436 g/mol. The molecule has 2 aliphatic heterocycles. The average Bonchev–Trinajstić information content (AvgIpc) is 2.77. The Morgan fingerprint density at radius 2 is 2.00 bits per heavy atom. The van der Waals surface area contributed by atoms with Gasteiger partial charge in [-0.1, -0.05) is 29.3 Å². The SMILES string of the molecule is Cc1ccc(S(=O)(=O)NCC2CCCN(C(=O)C3COc4ccc(Cl)cc4C3)C2)cc1. The number of halogens is 1. The number of piperidine rings is 1. The van der Waals surface area contributed by atoms with Crippen molar-refractivity contribution in [1.82, 2.24) is 9.62 Å². The van der Waals surface area contributed by atoms with Crippen LogP contribution in [0.3, 0.4) is 0 Å². The van der Waals surface area contributed by atoms with Gasteiger partial charge in [0.05, 0.1) is 10.8 Å². The van der Waals surface area contributed by atoms with Crippen LogP contribution in [0.5, 0.6) is 5.75 Å². The maximum atomic E-state index is 13.1. The van der Waals surface area contributed by atoms with Gasteiger partial charge in [0.1, 0.15) is 12.4 Å². The summed E-state index contributed by atoms with van der Waals surface area (Å²) in [5, 5.41) is 0.634. The molecule has 2 heterocycles. The molecule has 0 saturated carbocycles. The molecule has 2 atom stereocenters. The number of rotatable bonds is 5. The van der Waals surface area contributed by atoms with Crippen molar-refractivity contribution < 1.29 is 17.9 Å². The number of hydrogen-bond donors (Lipinski definition) is 1. The van der Waals surface area contributed by atoms with Crippen LogP contribution in [0.15, 0.2) is 47.4 Å². The first-order valence-corrected chi connectivity index (χ1v) is 12.4. The van der Waals surface area contributed by atoms with Gasteiger partial charge in [-0.2, -0.15) is 0 Å². The molecule has 1 fully saturated rings. The number of benzene rings is 2. The molecule has 8 heteroatoms. The molecule has 0 spiro atoms. The monoisotopic (exact) mass is 462 g/mol. The van der Waals surface area contributed by atoms with Gasteiger partial charge in [-0.15, -0.1) is 0 Å². The number of ether oxygens (including phenoxy) is 1. The second-order valence-electron chi connectivity index (χ2n) is 8.42. The zero-order valence-corrected chi connectivity index (χ0v) is 19.1. The van der Waals surface area contributed by atoms with E-state index < -0.39 is 10.0 Å². The Hall–Kier alpha value is -2.09. The van der Waals surface area contributed by atoms with Crippen molar-refractivity contribution in [2.24, 2.45) is 11.8 Å². The Labute approximate surface area is 188 Å². The van der Waals surface area contributed by atoms with E-state index in [0.29, 0.717) is 37.7 Å². The predicted molar refractivity (Wildman–Crippen MR) is 120 cm³/mol. The van der Waals surface area contributed by atoms with E-state index in [1.165, 1.54) is 0 Å². The van der Waals surface area contributed by atoms with E-state index in [4.69, 9.17) is 16.3 Å². The van der Waals surface area contributed by atoms with Crippen LogP contribution in [0, 0.1) is 18.8 Å². The van der Waals surface area contributed by atoms with E-state index in [1.807, 2.05) is 24.0 Å². The molecule has 2 unspecified atom stereocenters. The second kappa shape index (κ2) is 9.18. The topological polar surface area (TPSA) is 75.7 Å². The third kappa shape index (κ3) is 5.22. The van der Waals surface area contributed by atoms with Gasteiger partial charge in [0.15, 0.2) is 0 Å². The van der Waals surface area contributed by atoms with Crippen molar-refractivity contribution in [3.05, 3.63) is 58.6 Å². The first-order valence-electron chi connectivity index (χ1n) is 10.6. The maximum Gasteiger partial charge on any atom is 0.240 e. The zero-order valence-electron chi connectivity index (χ0n) is 17.5. The number of carbonyl (C=O) groups is 1. The van der Waals surface area contributed by atoms with E-state index in [0.717, 1.165) is 29.7 Å². The summed E-state index contributed by atoms with van der Waals surface area (Å²) in [4.78, 5) is 15.2. The fourth-order valence-corrected chi connectivity index (χ4v) is 5.55. The van der Waals surface area contributed by atoms with Gasteiger partial charge < -0.3 is 9.64 Å². The quantitative estimate of drug-likeness (QED) is 0.738. The normalized spacial score (nSPS) is 21.3. The third-order valence-electron chi connectivity index (χ3n) is 6.00. The summed E-state index contributed by atoms with van der Waals surface area (Å²) < 4.78 is 33.6. The summed E-state index contributed by atoms with van der Waals surface area (Å²) >= 11 is 6.09. The number of sulfonamides is 1. The van der Waals surface area contributed by atoms with Crippen LogP contribution in [0.25, 0.3) is 0 Å². The van der Waals surface area contributed by atoms with Crippen LogP contribution in [-0.4, -0.2) is 45.5 Å². The summed E-state index contributed by atoms with van der Waals surface area (Å²) in [6.45, 7) is 3.84. The highest BCUT2D eigenvalue weighted by Crippen LogP contribution is 2.31. The van der Waals surface area contributed by atoms with Crippen molar-refractivity contribution in [2.45, 2.75) is 31.1 Å². The number of carbonyl (C=O) groups excluding carboxylic acids is 1. The van der Waals surface area contributed by atoms with E-state index in [2.05, 4.69) is 4.72 Å². The first-order chi connectivity index (χ1) is 14.8. The van der Waals surface area contributed by atoms with Gasteiger partial charge in [-0.05, 0) is 68.0 Å². The van der Waals surface area contributed by atoms with Gasteiger partial charge in [0, 0.05) is 24.7 Å². The van der Waals surface area contributed by atoms with Crippen LogP contribution >= 0.6 is 11.6 Å². The third-order valence-corrected chi connectivity index (χ3v) is 7.68. The van der Waals surface area contributed by atoms with Gasteiger partial charge in [0.2, 0.25) is 15.9 Å². The van der Waals surface area contributed by atoms with Crippen LogP contribution < -0.4 is 9.46 Å². The molecule has 0 aromatic heterocycles. The molecule has 2 aliphatic rings. The lowest BCUT2D eigenvalue weighted by Gasteiger charge is -2.36. The zero-order chi connectivity index (χ0) is 22.0. The Morgan fingerprint density at radius 1 is 1.23 bits per heavy atom. The molecule has 6 nitrogen and oxygen atoms in total. The van der Waals surface area contributed by atoms with E-state index in [-0.39, 0.29) is 22.6 Å². The molecule has 1 N–H and O–H groups in total. The van der Waals surface area contributed by atoms with Crippen LogP contribution in [0.1, 0.15) is 24.0 Å². The highest BCUT2D eigenvalue weighted by molar-refractivity contribution is 7.89. The summed E-state index contributed by atoms with van der Waals surface area (Å²) in [6.07, 6.45) is 2.36. The average molecular weight is 463 g/mol. The minimum absolute atomic E-state index is 0.0664. The minimum atomic E-state index is -3.56. The van der Waals surface area contributed by atoms with Crippen LogP contribution in [0.4, 0.5) is 0 Å². The molecule has 2 aromatic carbocycles. The Balaban J connectivity index is 1.35. The lowest BCUT2D eigenvalue weighted by molar-refractivity contribution is -0.138. The van der Waals surface area contributed by atoms with Crippen LogP contribution in [-0.2, 0) is 21.2 Å². The highest BCUT2D eigenvalue weighted by atomic mass is 35.5. The smallest absolute Gasteiger partial charge is 0.240 e. The van der Waals surface area contributed by atoms with E-state index >= 15 is 0 Å². The molecule has 166 valence electrons. The summed E-state index contributed by atoms with van der Waals surface area (Å²) in [7, 11) is -3.56. The molecule has 0 radical (unpaired) electrons. The Bertz CT molecular complexity index is 1060. The van der Waals surface area contributed by atoms with E-state index in [9.17, 15) is 13.2 Å². The molecule has 1 saturated heterocycles. The van der Waals surface area contributed by atoms with Crippen molar-refractivity contribution in [1.29, 1.82) is 0 Å². The van der Waals surface area contributed by atoms with Crippen molar-refractivity contribution in [3.8, 4) is 5.75 Å². The summed E-state index contributed by atoms with van der Waals surface area (Å²) in [6, 6.07) is 12.3. The number of amides is 1. The minimum Gasteiger partial charge on any atom is -0.492 e. The second-order valence-corrected chi connectivity index (χ2v) is 10.6. The molecule has 4 rings (SSSR count). The molecule has 0 aliphatic carbocycles. The lowest BCUT2D eigenvalue weighted by atomic mass is 9.93. The van der Waals surface area contributed by atoms with Gasteiger partial charge in [-0.25, -0.2) is 13.1 Å². The Morgan fingerprint density at radius 3 is 2.77 bits per heavy atom. The lowest BCUT2D eigenvalue weighted by Crippen LogP contribution is -2.47. The number of aryl methyl sites for hydroxylation is 1. The molecule has 2 aromatic rings. The van der Waals surface area contributed by atoms with Crippen LogP contribution in [0.2, 0.25) is 5.02 Å². The maximum absolute atomic E-state index is 13.1. The van der Waals surface area contributed by atoms with Crippen molar-refractivity contribution in [2.75, 3.05) is 26.2 Å². The standard InChI is InChI=1S/C23H27ClN2O4S/c1-16-4-7-21(8-5-16)31(28,29)25-13-17-3-2-10-26(14-17)23(27)19-11-18-12-20(24)6-9-22(18)30-15-19/h4-9,12,17,19,25H,2-3,10-11,13-15H2,1H3. The fourth-order valence-electron chi connectivity index (χ4n) is 4.24.